The molecule has 0 spiro atoms. The van der Waals surface area contributed by atoms with E-state index in [4.69, 9.17) is 0 Å². The standard InChI is InChI=1S/C13H15N5O/c1-2-14-12-9-16-11(8-17-12)13(19)18-7-10-5-3-4-6-15-10/h3-6,8-9H,2,7H2,1H3,(H,14,17)(H,18,19). The monoisotopic (exact) mass is 257 g/mol. The van der Waals surface area contributed by atoms with Gasteiger partial charge in [-0.15, -0.1) is 0 Å². The Morgan fingerprint density at radius 3 is 2.74 bits per heavy atom. The fourth-order valence-corrected chi connectivity index (χ4v) is 1.48. The van der Waals surface area contributed by atoms with Gasteiger partial charge in [0.1, 0.15) is 11.5 Å². The molecule has 0 saturated carbocycles. The predicted octanol–water partition coefficient (Wildman–Crippen LogP) is 1.23. The molecule has 2 rings (SSSR count). The maximum absolute atomic E-state index is 11.8. The van der Waals surface area contributed by atoms with E-state index in [1.807, 2.05) is 25.1 Å². The van der Waals surface area contributed by atoms with Gasteiger partial charge in [-0.25, -0.2) is 9.97 Å². The van der Waals surface area contributed by atoms with Crippen LogP contribution in [-0.2, 0) is 6.54 Å². The van der Waals surface area contributed by atoms with Crippen molar-refractivity contribution in [3.63, 3.8) is 0 Å². The summed E-state index contributed by atoms with van der Waals surface area (Å²) in [5.41, 5.74) is 1.09. The fraction of sp³-hybridized carbons (Fsp3) is 0.231. The number of carbonyl (C=O) groups is 1. The van der Waals surface area contributed by atoms with Crippen LogP contribution in [0.25, 0.3) is 0 Å². The zero-order chi connectivity index (χ0) is 13.5. The van der Waals surface area contributed by atoms with Gasteiger partial charge in [0.2, 0.25) is 0 Å². The molecular weight excluding hydrogens is 242 g/mol. The largest absolute Gasteiger partial charge is 0.369 e. The van der Waals surface area contributed by atoms with Crippen LogP contribution in [0.3, 0.4) is 0 Å². The van der Waals surface area contributed by atoms with Gasteiger partial charge < -0.3 is 10.6 Å². The van der Waals surface area contributed by atoms with Gasteiger partial charge in [0.05, 0.1) is 24.6 Å². The number of carbonyl (C=O) groups excluding carboxylic acids is 1. The van der Waals surface area contributed by atoms with Crippen LogP contribution >= 0.6 is 0 Å². The zero-order valence-electron chi connectivity index (χ0n) is 10.6. The highest BCUT2D eigenvalue weighted by Crippen LogP contribution is 2.01. The van der Waals surface area contributed by atoms with Crippen LogP contribution < -0.4 is 10.6 Å². The molecule has 19 heavy (non-hydrogen) atoms. The summed E-state index contributed by atoms with van der Waals surface area (Å²) in [6.45, 7) is 3.10. The molecule has 2 heterocycles. The third-order valence-corrected chi connectivity index (χ3v) is 2.40. The normalized spacial score (nSPS) is 9.95. The van der Waals surface area contributed by atoms with E-state index in [0.717, 1.165) is 12.2 Å². The van der Waals surface area contributed by atoms with E-state index < -0.39 is 0 Å². The molecule has 6 heteroatoms. The summed E-state index contributed by atoms with van der Waals surface area (Å²) >= 11 is 0. The van der Waals surface area contributed by atoms with Gasteiger partial charge in [-0.05, 0) is 19.1 Å². The second-order valence-corrected chi connectivity index (χ2v) is 3.82. The van der Waals surface area contributed by atoms with Gasteiger partial charge in [-0.3, -0.25) is 9.78 Å². The van der Waals surface area contributed by atoms with Gasteiger partial charge in [-0.1, -0.05) is 6.07 Å². The van der Waals surface area contributed by atoms with Crippen LogP contribution in [0.5, 0.6) is 0 Å². The third-order valence-electron chi connectivity index (χ3n) is 2.40. The number of nitrogens with one attached hydrogen (secondary N) is 2. The minimum absolute atomic E-state index is 0.263. The smallest absolute Gasteiger partial charge is 0.271 e. The van der Waals surface area contributed by atoms with Crippen molar-refractivity contribution >= 4 is 11.7 Å². The molecule has 2 N–H and O–H groups in total. The highest BCUT2D eigenvalue weighted by Gasteiger charge is 2.07. The first-order chi connectivity index (χ1) is 9.29. The minimum atomic E-state index is -0.263. The van der Waals surface area contributed by atoms with Gasteiger partial charge in [0.15, 0.2) is 0 Å². The molecule has 2 aromatic rings. The van der Waals surface area contributed by atoms with Crippen molar-refractivity contribution < 1.29 is 4.79 Å². The lowest BCUT2D eigenvalue weighted by molar-refractivity contribution is 0.0945. The Morgan fingerprint density at radius 2 is 2.11 bits per heavy atom. The zero-order valence-corrected chi connectivity index (χ0v) is 10.6. The van der Waals surface area contributed by atoms with E-state index in [9.17, 15) is 4.79 Å². The van der Waals surface area contributed by atoms with E-state index in [0.29, 0.717) is 12.4 Å². The molecule has 0 aromatic carbocycles. The third kappa shape index (κ3) is 3.74. The predicted molar refractivity (Wildman–Crippen MR) is 71.6 cm³/mol. The Balaban J connectivity index is 1.92. The van der Waals surface area contributed by atoms with E-state index in [1.54, 1.807) is 12.4 Å². The lowest BCUT2D eigenvalue weighted by atomic mass is 10.3. The van der Waals surface area contributed by atoms with Crippen molar-refractivity contribution in [1.29, 1.82) is 0 Å². The molecule has 0 bridgehead atoms. The number of nitrogens with zero attached hydrogens (tertiary/aromatic N) is 3. The van der Waals surface area contributed by atoms with E-state index in [-0.39, 0.29) is 11.6 Å². The number of amides is 1. The van der Waals surface area contributed by atoms with Crippen LogP contribution in [0, 0.1) is 0 Å². The van der Waals surface area contributed by atoms with E-state index in [1.165, 1.54) is 6.20 Å². The molecule has 0 aliphatic heterocycles. The summed E-state index contributed by atoms with van der Waals surface area (Å²) in [5.74, 6) is 0.393. The van der Waals surface area contributed by atoms with Crippen LogP contribution in [0.4, 0.5) is 5.82 Å². The number of aromatic nitrogens is 3. The lowest BCUT2D eigenvalue weighted by Gasteiger charge is -2.05. The van der Waals surface area contributed by atoms with Crippen LogP contribution in [0.1, 0.15) is 23.1 Å². The van der Waals surface area contributed by atoms with Gasteiger partial charge >= 0.3 is 0 Å². The van der Waals surface area contributed by atoms with Crippen molar-refractivity contribution in [3.05, 3.63) is 48.2 Å². The van der Waals surface area contributed by atoms with Gasteiger partial charge in [-0.2, -0.15) is 0 Å². The molecule has 0 atom stereocenters. The van der Waals surface area contributed by atoms with Crippen molar-refractivity contribution in [2.24, 2.45) is 0 Å². The molecule has 0 fully saturated rings. The summed E-state index contributed by atoms with van der Waals surface area (Å²) in [6, 6.07) is 5.55. The molecule has 0 unspecified atom stereocenters. The topological polar surface area (TPSA) is 79.8 Å². The highest BCUT2D eigenvalue weighted by molar-refractivity contribution is 5.91. The van der Waals surface area contributed by atoms with Gasteiger partial charge in [0, 0.05) is 12.7 Å². The molecule has 0 aliphatic rings. The first-order valence-electron chi connectivity index (χ1n) is 6.03. The Hall–Kier alpha value is -2.50. The number of rotatable bonds is 5. The van der Waals surface area contributed by atoms with Crippen LogP contribution in [0.15, 0.2) is 36.8 Å². The second kappa shape index (κ2) is 6.44. The number of hydrogen-bond donors (Lipinski definition) is 2. The Kier molecular flexibility index (Phi) is 4.39. The summed E-state index contributed by atoms with van der Waals surface area (Å²) in [6.07, 6.45) is 4.68. The Bertz CT molecular complexity index is 526. The maximum Gasteiger partial charge on any atom is 0.271 e. The Labute approximate surface area is 111 Å². The van der Waals surface area contributed by atoms with Crippen LogP contribution in [0.2, 0.25) is 0 Å². The average Bonchev–Trinajstić information content (AvgIpc) is 2.47. The molecule has 0 saturated heterocycles. The average molecular weight is 257 g/mol. The number of anilines is 1. The maximum atomic E-state index is 11.8. The van der Waals surface area contributed by atoms with Crippen molar-refractivity contribution in [3.8, 4) is 0 Å². The molecule has 2 aromatic heterocycles. The number of pyridine rings is 1. The van der Waals surface area contributed by atoms with Crippen LogP contribution in [-0.4, -0.2) is 27.4 Å². The molecule has 1 amide bonds. The molecule has 0 radical (unpaired) electrons. The molecule has 6 nitrogen and oxygen atoms in total. The summed E-state index contributed by atoms with van der Waals surface area (Å²) < 4.78 is 0. The van der Waals surface area contributed by atoms with Crippen molar-refractivity contribution in [1.82, 2.24) is 20.3 Å². The fourth-order valence-electron chi connectivity index (χ4n) is 1.48. The lowest BCUT2D eigenvalue weighted by Crippen LogP contribution is -2.24. The van der Waals surface area contributed by atoms with Crippen molar-refractivity contribution in [2.75, 3.05) is 11.9 Å². The SMILES string of the molecule is CCNc1cnc(C(=O)NCc2ccccn2)cn1. The summed E-state index contributed by atoms with van der Waals surface area (Å²) in [4.78, 5) is 24.1. The van der Waals surface area contributed by atoms with Gasteiger partial charge in [0.25, 0.3) is 5.91 Å². The Morgan fingerprint density at radius 1 is 1.21 bits per heavy atom. The first-order valence-corrected chi connectivity index (χ1v) is 6.03. The quantitative estimate of drug-likeness (QED) is 0.842. The van der Waals surface area contributed by atoms with Crippen molar-refractivity contribution in [2.45, 2.75) is 13.5 Å². The molecular formula is C13H15N5O. The molecule has 98 valence electrons. The first kappa shape index (κ1) is 12.9. The second-order valence-electron chi connectivity index (χ2n) is 3.82. The minimum Gasteiger partial charge on any atom is -0.369 e. The highest BCUT2D eigenvalue weighted by atomic mass is 16.1. The number of hydrogen-bond acceptors (Lipinski definition) is 5. The van der Waals surface area contributed by atoms with E-state index >= 15 is 0 Å². The van der Waals surface area contributed by atoms with E-state index in [2.05, 4.69) is 25.6 Å². The summed E-state index contributed by atoms with van der Waals surface area (Å²) in [7, 11) is 0. The molecule has 0 aliphatic carbocycles. The summed E-state index contributed by atoms with van der Waals surface area (Å²) in [5, 5.41) is 5.76.